The molecule has 5 nitrogen and oxygen atoms in total. The van der Waals surface area contributed by atoms with Crippen LogP contribution in [-0.2, 0) is 0 Å². The lowest BCUT2D eigenvalue weighted by Crippen LogP contribution is -2.14. The smallest absolute Gasteiger partial charge is 0.276 e. The number of aryl methyl sites for hydroxylation is 1. The van der Waals surface area contributed by atoms with Gasteiger partial charge in [-0.1, -0.05) is 34.1 Å². The SMILES string of the molecule is Cc1cc(Br)ccc1Nc1ccc(C(=O)Nc2ccccc2)nn1. The first-order chi connectivity index (χ1) is 11.6. The van der Waals surface area contributed by atoms with Crippen LogP contribution in [0, 0.1) is 6.92 Å². The number of benzene rings is 2. The maximum Gasteiger partial charge on any atom is 0.276 e. The number of carbonyl (C=O) groups excluding carboxylic acids is 1. The van der Waals surface area contributed by atoms with Gasteiger partial charge in [-0.2, -0.15) is 0 Å². The number of para-hydroxylation sites is 1. The molecule has 0 radical (unpaired) electrons. The second-order valence-electron chi connectivity index (χ2n) is 5.21. The highest BCUT2D eigenvalue weighted by Gasteiger charge is 2.09. The van der Waals surface area contributed by atoms with Crippen molar-refractivity contribution in [2.45, 2.75) is 6.92 Å². The molecular formula is C18H15BrN4O. The fourth-order valence-corrected chi connectivity index (χ4v) is 2.62. The number of amides is 1. The van der Waals surface area contributed by atoms with E-state index >= 15 is 0 Å². The normalized spacial score (nSPS) is 10.2. The Morgan fingerprint density at radius 1 is 1.00 bits per heavy atom. The van der Waals surface area contributed by atoms with E-state index in [1.807, 2.05) is 55.5 Å². The minimum absolute atomic E-state index is 0.261. The Hall–Kier alpha value is -2.73. The summed E-state index contributed by atoms with van der Waals surface area (Å²) in [6.45, 7) is 2.00. The molecule has 0 saturated carbocycles. The number of aromatic nitrogens is 2. The molecule has 0 atom stereocenters. The summed E-state index contributed by atoms with van der Waals surface area (Å²) in [4.78, 5) is 12.1. The third-order valence-corrected chi connectivity index (χ3v) is 3.87. The first-order valence-corrected chi connectivity index (χ1v) is 8.14. The van der Waals surface area contributed by atoms with E-state index in [2.05, 4.69) is 36.8 Å². The molecule has 1 aromatic heterocycles. The van der Waals surface area contributed by atoms with E-state index in [9.17, 15) is 4.79 Å². The third kappa shape index (κ3) is 3.97. The lowest BCUT2D eigenvalue weighted by atomic mass is 10.2. The van der Waals surface area contributed by atoms with Crippen LogP contribution in [0.15, 0.2) is 65.1 Å². The first kappa shape index (κ1) is 16.1. The van der Waals surface area contributed by atoms with Gasteiger partial charge in [0.15, 0.2) is 11.5 Å². The van der Waals surface area contributed by atoms with Gasteiger partial charge in [0.05, 0.1) is 0 Å². The molecule has 0 aliphatic rings. The van der Waals surface area contributed by atoms with Crippen LogP contribution in [-0.4, -0.2) is 16.1 Å². The van der Waals surface area contributed by atoms with Gasteiger partial charge in [0.2, 0.25) is 0 Å². The standard InChI is InChI=1S/C18H15BrN4O/c1-12-11-13(19)7-8-15(12)21-17-10-9-16(22-23-17)18(24)20-14-5-3-2-4-6-14/h2-11H,1H3,(H,20,24)(H,21,23). The number of rotatable bonds is 4. The van der Waals surface area contributed by atoms with Crippen molar-refractivity contribution >= 4 is 39.0 Å². The van der Waals surface area contributed by atoms with Crippen LogP contribution in [0.25, 0.3) is 0 Å². The van der Waals surface area contributed by atoms with Gasteiger partial charge in [-0.3, -0.25) is 4.79 Å². The van der Waals surface area contributed by atoms with E-state index in [-0.39, 0.29) is 11.6 Å². The molecule has 120 valence electrons. The maximum atomic E-state index is 12.1. The molecule has 24 heavy (non-hydrogen) atoms. The topological polar surface area (TPSA) is 66.9 Å². The molecule has 0 bridgehead atoms. The summed E-state index contributed by atoms with van der Waals surface area (Å²) in [5.41, 5.74) is 3.00. The van der Waals surface area contributed by atoms with E-state index in [1.165, 1.54) is 0 Å². The number of nitrogens with one attached hydrogen (secondary N) is 2. The van der Waals surface area contributed by atoms with Crippen molar-refractivity contribution < 1.29 is 4.79 Å². The van der Waals surface area contributed by atoms with Crippen LogP contribution in [0.3, 0.4) is 0 Å². The summed E-state index contributed by atoms with van der Waals surface area (Å²) in [5.74, 6) is 0.289. The molecule has 0 aliphatic heterocycles. The van der Waals surface area contributed by atoms with Crippen molar-refractivity contribution in [1.29, 1.82) is 0 Å². The van der Waals surface area contributed by atoms with E-state index in [1.54, 1.807) is 12.1 Å². The number of anilines is 3. The summed E-state index contributed by atoms with van der Waals surface area (Å²) >= 11 is 3.43. The van der Waals surface area contributed by atoms with E-state index in [0.717, 1.165) is 21.4 Å². The zero-order valence-corrected chi connectivity index (χ0v) is 14.5. The fourth-order valence-electron chi connectivity index (χ4n) is 2.14. The van der Waals surface area contributed by atoms with Gasteiger partial charge in [-0.25, -0.2) is 0 Å². The second-order valence-corrected chi connectivity index (χ2v) is 6.12. The highest BCUT2D eigenvalue weighted by Crippen LogP contribution is 2.22. The quantitative estimate of drug-likeness (QED) is 0.694. The Balaban J connectivity index is 1.70. The molecule has 0 spiro atoms. The van der Waals surface area contributed by atoms with Crippen LogP contribution in [0.2, 0.25) is 0 Å². The molecule has 1 amide bonds. The summed E-state index contributed by atoms with van der Waals surface area (Å²) in [6.07, 6.45) is 0. The van der Waals surface area contributed by atoms with Gasteiger partial charge in [0, 0.05) is 15.8 Å². The molecule has 0 aliphatic carbocycles. The van der Waals surface area contributed by atoms with Crippen molar-refractivity contribution in [3.05, 3.63) is 76.4 Å². The van der Waals surface area contributed by atoms with Crippen LogP contribution in [0.1, 0.15) is 16.1 Å². The largest absolute Gasteiger partial charge is 0.339 e. The van der Waals surface area contributed by atoms with Crippen molar-refractivity contribution in [2.24, 2.45) is 0 Å². The van der Waals surface area contributed by atoms with Gasteiger partial charge in [0.1, 0.15) is 0 Å². The maximum absolute atomic E-state index is 12.1. The van der Waals surface area contributed by atoms with Crippen molar-refractivity contribution in [1.82, 2.24) is 10.2 Å². The van der Waals surface area contributed by atoms with Gasteiger partial charge in [-0.05, 0) is 55.0 Å². The number of nitrogens with zero attached hydrogens (tertiary/aromatic N) is 2. The Bertz CT molecular complexity index is 851. The molecule has 6 heteroatoms. The molecular weight excluding hydrogens is 368 g/mol. The molecule has 3 rings (SSSR count). The monoisotopic (exact) mass is 382 g/mol. The molecule has 0 fully saturated rings. The van der Waals surface area contributed by atoms with Crippen LogP contribution < -0.4 is 10.6 Å². The number of halogens is 1. The third-order valence-electron chi connectivity index (χ3n) is 3.38. The van der Waals surface area contributed by atoms with Gasteiger partial charge < -0.3 is 10.6 Å². The summed E-state index contributed by atoms with van der Waals surface area (Å²) in [7, 11) is 0. The van der Waals surface area contributed by atoms with Crippen molar-refractivity contribution in [3.63, 3.8) is 0 Å². The van der Waals surface area contributed by atoms with Crippen molar-refractivity contribution in [2.75, 3.05) is 10.6 Å². The predicted octanol–water partition coefficient (Wildman–Crippen LogP) is 4.54. The van der Waals surface area contributed by atoms with Crippen LogP contribution in [0.5, 0.6) is 0 Å². The zero-order chi connectivity index (χ0) is 16.9. The highest BCUT2D eigenvalue weighted by molar-refractivity contribution is 9.10. The number of hydrogen-bond acceptors (Lipinski definition) is 4. The minimum atomic E-state index is -0.292. The lowest BCUT2D eigenvalue weighted by Gasteiger charge is -2.09. The van der Waals surface area contributed by atoms with Gasteiger partial charge >= 0.3 is 0 Å². The highest BCUT2D eigenvalue weighted by atomic mass is 79.9. The first-order valence-electron chi connectivity index (χ1n) is 7.35. The Kier molecular flexibility index (Phi) is 4.86. The van der Waals surface area contributed by atoms with Crippen LogP contribution in [0.4, 0.5) is 17.2 Å². The molecule has 3 aromatic rings. The molecule has 2 N–H and O–H groups in total. The Morgan fingerprint density at radius 2 is 1.79 bits per heavy atom. The average Bonchev–Trinajstić information content (AvgIpc) is 2.59. The van der Waals surface area contributed by atoms with Gasteiger partial charge in [-0.15, -0.1) is 10.2 Å². The molecule has 1 heterocycles. The molecule has 0 saturated heterocycles. The second kappa shape index (κ2) is 7.23. The fraction of sp³-hybridized carbons (Fsp3) is 0.0556. The number of hydrogen-bond donors (Lipinski definition) is 2. The lowest BCUT2D eigenvalue weighted by molar-refractivity contribution is 0.102. The van der Waals surface area contributed by atoms with Gasteiger partial charge in [0.25, 0.3) is 5.91 Å². The van der Waals surface area contributed by atoms with E-state index in [0.29, 0.717) is 5.82 Å². The average molecular weight is 383 g/mol. The minimum Gasteiger partial charge on any atom is -0.339 e. The zero-order valence-electron chi connectivity index (χ0n) is 13.0. The molecule has 0 unspecified atom stereocenters. The Morgan fingerprint density at radius 3 is 2.46 bits per heavy atom. The summed E-state index contributed by atoms with van der Waals surface area (Å²) in [5, 5.41) is 14.0. The molecule has 2 aromatic carbocycles. The van der Waals surface area contributed by atoms with Crippen LogP contribution >= 0.6 is 15.9 Å². The van der Waals surface area contributed by atoms with E-state index in [4.69, 9.17) is 0 Å². The summed E-state index contributed by atoms with van der Waals surface area (Å²) < 4.78 is 1.02. The Labute approximate surface area is 148 Å². The van der Waals surface area contributed by atoms with E-state index < -0.39 is 0 Å². The number of carbonyl (C=O) groups is 1. The predicted molar refractivity (Wildman–Crippen MR) is 98.6 cm³/mol. The summed E-state index contributed by atoms with van der Waals surface area (Å²) in [6, 6.07) is 18.5. The van der Waals surface area contributed by atoms with Crippen molar-refractivity contribution in [3.8, 4) is 0 Å².